The monoisotopic (exact) mass is 272 g/mol. The van der Waals surface area contributed by atoms with E-state index in [1.807, 2.05) is 43.3 Å². The third kappa shape index (κ3) is 3.58. The van der Waals surface area contributed by atoms with Crippen molar-refractivity contribution < 1.29 is 4.79 Å². The molecule has 1 N–H and O–H groups in total. The van der Waals surface area contributed by atoms with Crippen LogP contribution >= 0.6 is 11.8 Å². The summed E-state index contributed by atoms with van der Waals surface area (Å²) in [6.45, 7) is 1.92. The fourth-order valence-corrected chi connectivity index (χ4v) is 2.24. The zero-order valence-electron chi connectivity index (χ0n) is 11.0. The molecule has 19 heavy (non-hydrogen) atoms. The van der Waals surface area contributed by atoms with Gasteiger partial charge in [-0.25, -0.2) is 4.98 Å². The molecule has 0 atom stereocenters. The van der Waals surface area contributed by atoms with Crippen molar-refractivity contribution in [1.29, 1.82) is 0 Å². The molecule has 1 amide bonds. The van der Waals surface area contributed by atoms with E-state index in [4.69, 9.17) is 0 Å². The molecule has 1 aromatic carbocycles. The number of carbonyl (C=O) groups is 1. The highest BCUT2D eigenvalue weighted by Gasteiger charge is 2.08. The number of hydrogen-bond donors (Lipinski definition) is 1. The average Bonchev–Trinajstić information content (AvgIpc) is 2.42. The van der Waals surface area contributed by atoms with Crippen LogP contribution in [-0.2, 0) is 5.75 Å². The van der Waals surface area contributed by atoms with Crippen LogP contribution in [0.2, 0.25) is 0 Å². The number of carbonyl (C=O) groups excluding carboxylic acids is 1. The van der Waals surface area contributed by atoms with Gasteiger partial charge in [-0.1, -0.05) is 18.2 Å². The highest BCUT2D eigenvalue weighted by atomic mass is 32.2. The Labute approximate surface area is 117 Å². The van der Waals surface area contributed by atoms with Gasteiger partial charge in [0.25, 0.3) is 5.91 Å². The molecule has 0 radical (unpaired) electrons. The zero-order chi connectivity index (χ0) is 13.7. The van der Waals surface area contributed by atoms with Gasteiger partial charge in [0.1, 0.15) is 5.82 Å². The average molecular weight is 272 g/mol. The molecule has 2 aromatic rings. The summed E-state index contributed by atoms with van der Waals surface area (Å²) >= 11 is 1.76. The molecular formula is C15H16N2OS. The Balaban J connectivity index is 2.10. The summed E-state index contributed by atoms with van der Waals surface area (Å²) in [5.74, 6) is 1.44. The van der Waals surface area contributed by atoms with Crippen molar-refractivity contribution in [2.45, 2.75) is 12.7 Å². The zero-order valence-corrected chi connectivity index (χ0v) is 11.8. The van der Waals surface area contributed by atoms with Gasteiger partial charge in [0.15, 0.2) is 0 Å². The van der Waals surface area contributed by atoms with E-state index in [1.165, 1.54) is 5.56 Å². The van der Waals surface area contributed by atoms with E-state index in [9.17, 15) is 4.79 Å². The molecular weight excluding hydrogens is 256 g/mol. The van der Waals surface area contributed by atoms with Crippen LogP contribution in [0, 0.1) is 6.92 Å². The number of nitrogens with zero attached hydrogens (tertiary/aromatic N) is 1. The maximum absolute atomic E-state index is 12.1. The van der Waals surface area contributed by atoms with Crippen LogP contribution in [0.1, 0.15) is 21.5 Å². The molecule has 1 heterocycles. The lowest BCUT2D eigenvalue weighted by Crippen LogP contribution is -2.13. The van der Waals surface area contributed by atoms with Crippen LogP contribution < -0.4 is 5.32 Å². The van der Waals surface area contributed by atoms with Crippen LogP contribution in [0.25, 0.3) is 0 Å². The van der Waals surface area contributed by atoms with Crippen molar-refractivity contribution in [3.05, 3.63) is 59.3 Å². The first-order valence-electron chi connectivity index (χ1n) is 6.01. The summed E-state index contributed by atoms with van der Waals surface area (Å²) < 4.78 is 0. The Hall–Kier alpha value is -1.81. The van der Waals surface area contributed by atoms with Crippen molar-refractivity contribution in [1.82, 2.24) is 4.98 Å². The van der Waals surface area contributed by atoms with Gasteiger partial charge in [0, 0.05) is 17.5 Å². The molecule has 0 aliphatic carbocycles. The fourth-order valence-electron chi connectivity index (χ4n) is 1.72. The Morgan fingerprint density at radius 3 is 2.63 bits per heavy atom. The third-order valence-corrected chi connectivity index (χ3v) is 3.39. The number of benzene rings is 1. The van der Waals surface area contributed by atoms with E-state index in [1.54, 1.807) is 18.0 Å². The highest BCUT2D eigenvalue weighted by molar-refractivity contribution is 7.97. The second-order valence-electron chi connectivity index (χ2n) is 4.25. The van der Waals surface area contributed by atoms with Gasteiger partial charge in [0.2, 0.25) is 0 Å². The van der Waals surface area contributed by atoms with Crippen LogP contribution in [0.15, 0.2) is 42.6 Å². The number of anilines is 1. The third-order valence-electron chi connectivity index (χ3n) is 2.77. The van der Waals surface area contributed by atoms with Crippen LogP contribution in [0.3, 0.4) is 0 Å². The van der Waals surface area contributed by atoms with Crippen LogP contribution in [0.5, 0.6) is 0 Å². The first-order valence-corrected chi connectivity index (χ1v) is 7.41. The molecule has 0 bridgehead atoms. The number of thioether (sulfide) groups is 1. The Morgan fingerprint density at radius 1 is 1.26 bits per heavy atom. The first kappa shape index (κ1) is 13.6. The molecule has 0 aliphatic rings. The lowest BCUT2D eigenvalue weighted by atomic mass is 10.1. The minimum atomic E-state index is -0.127. The Kier molecular flexibility index (Phi) is 4.58. The van der Waals surface area contributed by atoms with Crippen molar-refractivity contribution >= 4 is 23.5 Å². The topological polar surface area (TPSA) is 42.0 Å². The molecule has 3 nitrogen and oxygen atoms in total. The minimum absolute atomic E-state index is 0.127. The highest BCUT2D eigenvalue weighted by Crippen LogP contribution is 2.13. The molecule has 98 valence electrons. The summed E-state index contributed by atoms with van der Waals surface area (Å²) in [5.41, 5.74) is 2.82. The van der Waals surface area contributed by atoms with Crippen LogP contribution in [0.4, 0.5) is 5.82 Å². The maximum Gasteiger partial charge on any atom is 0.256 e. The summed E-state index contributed by atoms with van der Waals surface area (Å²) in [6.07, 6.45) is 3.73. The number of amides is 1. The van der Waals surface area contributed by atoms with Crippen molar-refractivity contribution in [2.24, 2.45) is 0 Å². The molecule has 0 saturated carbocycles. The number of nitrogens with one attached hydrogen (secondary N) is 1. The molecule has 0 unspecified atom stereocenters. The molecule has 0 spiro atoms. The number of hydrogen-bond acceptors (Lipinski definition) is 3. The van der Waals surface area contributed by atoms with E-state index in [2.05, 4.69) is 16.6 Å². The van der Waals surface area contributed by atoms with Crippen molar-refractivity contribution in [3.8, 4) is 0 Å². The van der Waals surface area contributed by atoms with Crippen molar-refractivity contribution in [2.75, 3.05) is 11.6 Å². The van der Waals surface area contributed by atoms with Gasteiger partial charge < -0.3 is 5.32 Å². The summed E-state index contributed by atoms with van der Waals surface area (Å²) in [4.78, 5) is 16.2. The SMILES string of the molecule is CSCc1ccc(C(=O)Nc2ncccc2C)cc1. The number of rotatable bonds is 4. The quantitative estimate of drug-likeness (QED) is 0.926. The second-order valence-corrected chi connectivity index (χ2v) is 5.12. The Morgan fingerprint density at radius 2 is 2.00 bits per heavy atom. The van der Waals surface area contributed by atoms with E-state index in [0.29, 0.717) is 11.4 Å². The maximum atomic E-state index is 12.1. The second kappa shape index (κ2) is 6.38. The minimum Gasteiger partial charge on any atom is -0.306 e. The predicted octanol–water partition coefficient (Wildman–Crippen LogP) is 3.51. The summed E-state index contributed by atoms with van der Waals surface area (Å²) in [6, 6.07) is 11.4. The molecule has 2 rings (SSSR count). The molecule has 1 aromatic heterocycles. The van der Waals surface area contributed by atoms with Gasteiger partial charge in [-0.15, -0.1) is 0 Å². The normalized spacial score (nSPS) is 10.2. The van der Waals surface area contributed by atoms with E-state index in [-0.39, 0.29) is 5.91 Å². The number of aryl methyl sites for hydroxylation is 1. The summed E-state index contributed by atoms with van der Waals surface area (Å²) in [7, 11) is 0. The number of aromatic nitrogens is 1. The van der Waals surface area contributed by atoms with Gasteiger partial charge in [-0.2, -0.15) is 11.8 Å². The fraction of sp³-hybridized carbons (Fsp3) is 0.200. The van der Waals surface area contributed by atoms with Gasteiger partial charge in [0.05, 0.1) is 0 Å². The molecule has 0 fully saturated rings. The lowest BCUT2D eigenvalue weighted by molar-refractivity contribution is 0.102. The van der Waals surface area contributed by atoms with E-state index < -0.39 is 0 Å². The predicted molar refractivity (Wildman–Crippen MR) is 80.6 cm³/mol. The number of pyridine rings is 1. The van der Waals surface area contributed by atoms with E-state index >= 15 is 0 Å². The largest absolute Gasteiger partial charge is 0.306 e. The lowest BCUT2D eigenvalue weighted by Gasteiger charge is -2.07. The first-order chi connectivity index (χ1) is 9.20. The van der Waals surface area contributed by atoms with Gasteiger partial charge >= 0.3 is 0 Å². The molecule has 0 aliphatic heterocycles. The Bertz CT molecular complexity index is 567. The smallest absolute Gasteiger partial charge is 0.256 e. The molecule has 4 heteroatoms. The van der Waals surface area contributed by atoms with Crippen molar-refractivity contribution in [3.63, 3.8) is 0 Å². The molecule has 0 saturated heterocycles. The van der Waals surface area contributed by atoms with Gasteiger partial charge in [-0.05, 0) is 42.5 Å². The standard InChI is InChI=1S/C15H16N2OS/c1-11-4-3-9-16-14(11)17-15(18)13-7-5-12(6-8-13)10-19-2/h3-9H,10H2,1-2H3,(H,16,17,18). The van der Waals surface area contributed by atoms with Gasteiger partial charge in [-0.3, -0.25) is 4.79 Å². The summed E-state index contributed by atoms with van der Waals surface area (Å²) in [5, 5.41) is 2.82. The van der Waals surface area contributed by atoms with E-state index in [0.717, 1.165) is 11.3 Å². The van der Waals surface area contributed by atoms with Crippen LogP contribution in [-0.4, -0.2) is 17.1 Å².